The number of hydrogen-bond donors (Lipinski definition) is 1. The number of aromatic nitrogens is 2. The minimum absolute atomic E-state index is 0.0446. The van der Waals surface area contributed by atoms with Gasteiger partial charge in [-0.1, -0.05) is 13.8 Å². The van der Waals surface area contributed by atoms with Gasteiger partial charge in [0.05, 0.1) is 13.5 Å². The number of nitrogens with one attached hydrogen (secondary N) is 1. The topological polar surface area (TPSA) is 50.3 Å². The quantitative estimate of drug-likeness (QED) is 0.519. The Labute approximate surface area is 199 Å². The molecule has 0 bridgehead atoms. The monoisotopic (exact) mass is 470 g/mol. The van der Waals surface area contributed by atoms with Crippen LogP contribution in [0.2, 0.25) is 0 Å². The molecule has 0 amide bonds. The number of likely N-dealkylation sites (tertiary alicyclic amines) is 1. The molecule has 4 atom stereocenters. The lowest BCUT2D eigenvalue weighted by molar-refractivity contribution is -0.0379. The third-order valence-corrected chi connectivity index (χ3v) is 8.51. The fourth-order valence-electron chi connectivity index (χ4n) is 6.01. The number of hydrogen-bond acceptors (Lipinski definition) is 5. The van der Waals surface area contributed by atoms with Crippen LogP contribution >= 0.6 is 0 Å². The molecule has 180 valence electrons. The van der Waals surface area contributed by atoms with Gasteiger partial charge >= 0.3 is 0 Å². The maximum Gasteiger partial charge on any atom is 0.168 e. The summed E-state index contributed by atoms with van der Waals surface area (Å²) in [4.78, 5) is 2.48. The molecule has 0 spiro atoms. The second-order valence-electron chi connectivity index (χ2n) is 10.6. The van der Waals surface area contributed by atoms with E-state index in [1.165, 1.54) is 6.07 Å². The number of fused-ring (bicyclic) bond motifs is 1. The summed E-state index contributed by atoms with van der Waals surface area (Å²) in [7, 11) is 6.95. The van der Waals surface area contributed by atoms with Gasteiger partial charge in [0.1, 0.15) is 11.6 Å². The molecule has 5 rings (SSSR count). The molecule has 5 nitrogen and oxygen atoms in total. The van der Waals surface area contributed by atoms with Crippen LogP contribution in [0.1, 0.15) is 39.5 Å². The molecule has 2 unspecified atom stereocenters. The summed E-state index contributed by atoms with van der Waals surface area (Å²) in [5, 5.41) is 11.5. The first-order valence-electron chi connectivity index (χ1n) is 12.0. The first-order valence-corrected chi connectivity index (χ1v) is 12.0. The van der Waals surface area contributed by atoms with Crippen molar-refractivity contribution >= 4 is 13.7 Å². The van der Waals surface area contributed by atoms with Crippen molar-refractivity contribution in [3.05, 3.63) is 41.7 Å². The van der Waals surface area contributed by atoms with Crippen molar-refractivity contribution in [1.82, 2.24) is 15.1 Å². The van der Waals surface area contributed by atoms with E-state index in [2.05, 4.69) is 34.3 Å². The van der Waals surface area contributed by atoms with Gasteiger partial charge in [-0.15, -0.1) is 10.2 Å². The molecule has 34 heavy (non-hydrogen) atoms. The number of benzene rings is 1. The van der Waals surface area contributed by atoms with Crippen LogP contribution in [-0.4, -0.2) is 60.7 Å². The van der Waals surface area contributed by atoms with Crippen LogP contribution in [0.25, 0.3) is 11.3 Å². The normalized spacial score (nSPS) is 28.4. The highest BCUT2D eigenvalue weighted by Gasteiger charge is 2.50. The average molecular weight is 470 g/mol. The zero-order chi connectivity index (χ0) is 24.1. The molecule has 1 aliphatic carbocycles. The Hall–Kier alpha value is -2.13. The van der Waals surface area contributed by atoms with Crippen LogP contribution < -0.4 is 5.32 Å². The summed E-state index contributed by atoms with van der Waals surface area (Å²) < 4.78 is 46.6. The molecule has 9 heteroatoms. The highest BCUT2D eigenvalue weighted by atomic mass is 19.2. The van der Waals surface area contributed by atoms with Gasteiger partial charge in [0.15, 0.2) is 11.6 Å². The van der Waals surface area contributed by atoms with Crippen LogP contribution in [0.15, 0.2) is 24.3 Å². The fourth-order valence-corrected chi connectivity index (χ4v) is 6.01. The van der Waals surface area contributed by atoms with E-state index in [4.69, 9.17) is 12.6 Å². The number of ether oxygens (including phenoxy) is 1. The van der Waals surface area contributed by atoms with Crippen molar-refractivity contribution in [2.24, 2.45) is 17.3 Å². The minimum atomic E-state index is -1.25. The zero-order valence-electron chi connectivity index (χ0n) is 19.7. The van der Waals surface area contributed by atoms with E-state index in [0.717, 1.165) is 58.1 Å². The van der Waals surface area contributed by atoms with Gasteiger partial charge in [0.25, 0.3) is 0 Å². The van der Waals surface area contributed by atoms with Crippen LogP contribution in [0.5, 0.6) is 0 Å². The van der Waals surface area contributed by atoms with Crippen molar-refractivity contribution in [3.8, 4) is 11.3 Å². The predicted octanol–water partition coefficient (Wildman–Crippen LogP) is 4.38. The van der Waals surface area contributed by atoms with Crippen LogP contribution in [0, 0.1) is 34.7 Å². The van der Waals surface area contributed by atoms with Gasteiger partial charge in [0, 0.05) is 44.0 Å². The van der Waals surface area contributed by atoms with Crippen LogP contribution in [-0.2, 0) is 4.74 Å². The predicted molar refractivity (Wildman–Crippen MR) is 125 cm³/mol. The van der Waals surface area contributed by atoms with E-state index in [0.29, 0.717) is 23.7 Å². The molecule has 2 aliphatic heterocycles. The summed E-state index contributed by atoms with van der Waals surface area (Å²) in [5.74, 6) is -1.53. The van der Waals surface area contributed by atoms with Crippen molar-refractivity contribution in [3.63, 3.8) is 0 Å². The molecule has 3 aliphatic rings. The summed E-state index contributed by atoms with van der Waals surface area (Å²) in [5.41, 5.74) is -0.473. The van der Waals surface area contributed by atoms with E-state index in [1.807, 2.05) is 0 Å². The third-order valence-electron chi connectivity index (χ3n) is 8.51. The SMILES string of the molecule is [B]C(C)(N1C[C@H]2CC(Nc3ccc(-c4cc(F)cc(F)c4F)nn3)C[C@H]2C1)C1(C)CCOCC1. The van der Waals surface area contributed by atoms with Crippen molar-refractivity contribution in [2.45, 2.75) is 51.0 Å². The molecule has 1 aromatic carbocycles. The molecular formula is C25H30BF3N4O. The lowest BCUT2D eigenvalue weighted by atomic mass is 9.56. The van der Waals surface area contributed by atoms with Crippen molar-refractivity contribution < 1.29 is 17.9 Å². The molecule has 3 heterocycles. The van der Waals surface area contributed by atoms with Gasteiger partial charge < -0.3 is 15.0 Å². The number of halogens is 3. The van der Waals surface area contributed by atoms with E-state index in [-0.39, 0.29) is 28.2 Å². The zero-order valence-corrected chi connectivity index (χ0v) is 19.7. The summed E-state index contributed by atoms with van der Waals surface area (Å²) in [6.45, 7) is 8.00. The van der Waals surface area contributed by atoms with Gasteiger partial charge in [-0.3, -0.25) is 0 Å². The Kier molecular flexibility index (Phi) is 6.13. The third kappa shape index (κ3) is 4.21. The van der Waals surface area contributed by atoms with E-state index < -0.39 is 17.5 Å². The Morgan fingerprint density at radius 2 is 1.76 bits per heavy atom. The minimum Gasteiger partial charge on any atom is -0.381 e. The van der Waals surface area contributed by atoms with Gasteiger partial charge in [-0.2, -0.15) is 0 Å². The molecule has 2 radical (unpaired) electrons. The lowest BCUT2D eigenvalue weighted by Crippen LogP contribution is -2.59. The second kappa shape index (κ2) is 8.83. The van der Waals surface area contributed by atoms with Crippen molar-refractivity contribution in [1.29, 1.82) is 0 Å². The molecule has 1 N–H and O–H groups in total. The van der Waals surface area contributed by atoms with Crippen molar-refractivity contribution in [2.75, 3.05) is 31.6 Å². The Balaban J connectivity index is 1.20. The molecule has 2 saturated heterocycles. The fraction of sp³-hybridized carbons (Fsp3) is 0.600. The summed E-state index contributed by atoms with van der Waals surface area (Å²) in [6.07, 6.45) is 4.00. The maximum atomic E-state index is 14.0. The summed E-state index contributed by atoms with van der Waals surface area (Å²) in [6, 6.07) is 4.90. The second-order valence-corrected chi connectivity index (χ2v) is 10.6. The first-order chi connectivity index (χ1) is 16.2. The van der Waals surface area contributed by atoms with E-state index >= 15 is 0 Å². The smallest absolute Gasteiger partial charge is 0.168 e. The largest absolute Gasteiger partial charge is 0.381 e. The van der Waals surface area contributed by atoms with Gasteiger partial charge in [-0.25, -0.2) is 13.2 Å². The first kappa shape index (κ1) is 23.6. The molecule has 1 saturated carbocycles. The highest BCUT2D eigenvalue weighted by molar-refractivity contribution is 6.15. The molecule has 3 fully saturated rings. The van der Waals surface area contributed by atoms with Gasteiger partial charge in [-0.05, 0) is 66.6 Å². The lowest BCUT2D eigenvalue weighted by Gasteiger charge is -2.52. The maximum absolute atomic E-state index is 14.0. The number of anilines is 1. The van der Waals surface area contributed by atoms with Crippen LogP contribution in [0.4, 0.5) is 19.0 Å². The summed E-state index contributed by atoms with van der Waals surface area (Å²) >= 11 is 0. The molecular weight excluding hydrogens is 440 g/mol. The van der Waals surface area contributed by atoms with Gasteiger partial charge in [0.2, 0.25) is 0 Å². The molecule has 1 aromatic heterocycles. The molecule has 2 aromatic rings. The Morgan fingerprint density at radius 1 is 1.09 bits per heavy atom. The number of rotatable bonds is 5. The van der Waals surface area contributed by atoms with E-state index in [9.17, 15) is 13.2 Å². The van der Waals surface area contributed by atoms with E-state index in [1.54, 1.807) is 6.07 Å². The highest BCUT2D eigenvalue weighted by Crippen LogP contribution is 2.48. The Bertz CT molecular complexity index is 1030. The standard InChI is InChI=1S/C25H30BF3N4O/c1-24(5-7-34-8-6-24)25(2,26)33-13-15-9-18(10-16(15)14-33)30-22-4-3-21(31-32-22)19-11-17(27)12-20(28)23(19)29/h3-4,11-12,15-16,18H,5-10,13-14H2,1-2H3,(H,30,32)/t15-,16+,18?,25?. The van der Waals surface area contributed by atoms with Crippen LogP contribution in [0.3, 0.4) is 0 Å². The average Bonchev–Trinajstić information content (AvgIpc) is 3.36. The Morgan fingerprint density at radius 3 is 2.38 bits per heavy atom. The number of nitrogens with zero attached hydrogens (tertiary/aromatic N) is 3.